The van der Waals surface area contributed by atoms with Crippen molar-refractivity contribution in [1.82, 2.24) is 24.3 Å². The number of ketones is 1. The van der Waals surface area contributed by atoms with Gasteiger partial charge in [-0.15, -0.1) is 0 Å². The van der Waals surface area contributed by atoms with E-state index in [2.05, 4.69) is 19.9 Å². The Morgan fingerprint density at radius 3 is 2.60 bits per heavy atom. The lowest BCUT2D eigenvalue weighted by Gasteiger charge is -2.02. The number of carboxylic acids is 1. The summed E-state index contributed by atoms with van der Waals surface area (Å²) in [6.45, 7) is 0. The lowest BCUT2D eigenvalue weighted by atomic mass is 10.1. The fourth-order valence-electron chi connectivity index (χ4n) is 2.92. The molecule has 3 rings (SSSR count). The van der Waals surface area contributed by atoms with Crippen LogP contribution in [0.2, 0.25) is 0 Å². The van der Waals surface area contributed by atoms with Gasteiger partial charge in [0.1, 0.15) is 12.1 Å². The summed E-state index contributed by atoms with van der Waals surface area (Å²) in [4.78, 5) is 38.4. The highest BCUT2D eigenvalue weighted by atomic mass is 16.4. The van der Waals surface area contributed by atoms with Gasteiger partial charge in [0.25, 0.3) is 0 Å². The van der Waals surface area contributed by atoms with Crippen molar-refractivity contribution in [3.63, 3.8) is 0 Å². The first-order chi connectivity index (χ1) is 12.1. The van der Waals surface area contributed by atoms with Crippen molar-refractivity contribution >= 4 is 28.6 Å². The SMILES string of the molecule is O=C(O)CCCCCCCC(=O)Cc1cnc2c3nc[nH]c3ncn12. The predicted octanol–water partition coefficient (Wildman–Crippen LogP) is 2.53. The summed E-state index contributed by atoms with van der Waals surface area (Å²) in [5, 5.41) is 8.57. The number of carbonyl (C=O) groups excluding carboxylic acids is 1. The van der Waals surface area contributed by atoms with Gasteiger partial charge in [0, 0.05) is 25.5 Å². The number of Topliss-reactive ketones (excluding diaryl/α,β-unsaturated/α-hetero) is 1. The minimum atomic E-state index is -0.746. The Kier molecular flexibility index (Phi) is 5.37. The van der Waals surface area contributed by atoms with Crippen LogP contribution in [0.1, 0.15) is 50.6 Å². The van der Waals surface area contributed by atoms with Crippen molar-refractivity contribution < 1.29 is 14.7 Å². The van der Waals surface area contributed by atoms with E-state index in [0.717, 1.165) is 31.4 Å². The highest BCUT2D eigenvalue weighted by Crippen LogP contribution is 2.16. The number of carboxylic acid groups (broad SMARTS) is 1. The first-order valence-electron chi connectivity index (χ1n) is 8.52. The van der Waals surface area contributed by atoms with Crippen LogP contribution in [-0.4, -0.2) is 41.2 Å². The molecule has 3 aromatic heterocycles. The lowest BCUT2D eigenvalue weighted by Crippen LogP contribution is -2.05. The zero-order valence-electron chi connectivity index (χ0n) is 13.9. The Morgan fingerprint density at radius 1 is 1.04 bits per heavy atom. The number of imidazole rings is 2. The third-order valence-corrected chi connectivity index (χ3v) is 4.23. The number of carbonyl (C=O) groups is 2. The summed E-state index contributed by atoms with van der Waals surface area (Å²) in [7, 11) is 0. The second kappa shape index (κ2) is 7.87. The number of fused-ring (bicyclic) bond motifs is 3. The minimum Gasteiger partial charge on any atom is -0.481 e. The summed E-state index contributed by atoms with van der Waals surface area (Å²) >= 11 is 0. The van der Waals surface area contributed by atoms with Gasteiger partial charge in [0.2, 0.25) is 0 Å². The molecule has 0 spiro atoms. The predicted molar refractivity (Wildman–Crippen MR) is 91.3 cm³/mol. The molecule has 3 heterocycles. The van der Waals surface area contributed by atoms with Gasteiger partial charge >= 0.3 is 5.97 Å². The molecular formula is C17H21N5O3. The molecule has 0 aliphatic rings. The van der Waals surface area contributed by atoms with Gasteiger partial charge < -0.3 is 10.1 Å². The van der Waals surface area contributed by atoms with Gasteiger partial charge in [-0.2, -0.15) is 0 Å². The number of hydrogen-bond acceptors (Lipinski definition) is 5. The largest absolute Gasteiger partial charge is 0.481 e. The Morgan fingerprint density at radius 2 is 1.80 bits per heavy atom. The van der Waals surface area contributed by atoms with Crippen molar-refractivity contribution in [3.8, 4) is 0 Å². The van der Waals surface area contributed by atoms with Crippen molar-refractivity contribution in [2.75, 3.05) is 0 Å². The average Bonchev–Trinajstić information content (AvgIpc) is 3.20. The zero-order chi connectivity index (χ0) is 17.6. The van der Waals surface area contributed by atoms with Crippen molar-refractivity contribution in [2.45, 2.75) is 51.4 Å². The Balaban J connectivity index is 1.47. The third-order valence-electron chi connectivity index (χ3n) is 4.23. The number of H-pyrrole nitrogens is 1. The summed E-state index contributed by atoms with van der Waals surface area (Å²) in [5.74, 6) is -0.570. The van der Waals surface area contributed by atoms with Gasteiger partial charge in [0.15, 0.2) is 16.8 Å². The Hall–Kier alpha value is -2.77. The van der Waals surface area contributed by atoms with Gasteiger partial charge in [-0.25, -0.2) is 15.0 Å². The molecule has 3 aromatic rings. The van der Waals surface area contributed by atoms with Gasteiger partial charge in [-0.3, -0.25) is 14.0 Å². The molecule has 0 bridgehead atoms. The van der Waals surface area contributed by atoms with Crippen molar-refractivity contribution in [1.29, 1.82) is 0 Å². The second-order valence-corrected chi connectivity index (χ2v) is 6.16. The molecule has 0 aliphatic carbocycles. The summed E-state index contributed by atoms with van der Waals surface area (Å²) in [5.41, 5.74) is 2.90. The zero-order valence-corrected chi connectivity index (χ0v) is 13.9. The number of aliphatic carboxylic acids is 1. The molecule has 0 aromatic carbocycles. The average molecular weight is 343 g/mol. The number of unbranched alkanes of at least 4 members (excludes halogenated alkanes) is 4. The molecule has 0 saturated carbocycles. The van der Waals surface area contributed by atoms with Crippen LogP contribution in [0.25, 0.3) is 16.8 Å². The molecular weight excluding hydrogens is 322 g/mol. The number of aromatic nitrogens is 5. The maximum absolute atomic E-state index is 12.2. The van der Waals surface area contributed by atoms with Crippen LogP contribution < -0.4 is 0 Å². The maximum atomic E-state index is 12.2. The topological polar surface area (TPSA) is 113 Å². The fraction of sp³-hybridized carbons (Fsp3) is 0.471. The minimum absolute atomic E-state index is 0.175. The molecule has 0 saturated heterocycles. The molecule has 0 fully saturated rings. The molecule has 0 atom stereocenters. The third kappa shape index (κ3) is 4.20. The first-order valence-corrected chi connectivity index (χ1v) is 8.52. The standard InChI is InChI=1S/C17H21N5O3/c23-13(6-4-2-1-3-5-7-14(24)25)8-12-9-18-17-15-16(20-10-19-15)21-11-22(12)17/h9-11H,1-8H2,(H,19,20)(H,24,25). The number of nitrogens with zero attached hydrogens (tertiary/aromatic N) is 4. The number of aromatic amines is 1. The smallest absolute Gasteiger partial charge is 0.303 e. The molecule has 0 radical (unpaired) electrons. The van der Waals surface area contributed by atoms with Crippen molar-refractivity contribution in [3.05, 3.63) is 24.5 Å². The lowest BCUT2D eigenvalue weighted by molar-refractivity contribution is -0.137. The quantitative estimate of drug-likeness (QED) is 0.547. The molecule has 0 amide bonds. The highest BCUT2D eigenvalue weighted by molar-refractivity contribution is 5.86. The number of hydrogen-bond donors (Lipinski definition) is 2. The van der Waals surface area contributed by atoms with Crippen LogP contribution in [0.4, 0.5) is 0 Å². The monoisotopic (exact) mass is 343 g/mol. The molecule has 8 heteroatoms. The van der Waals surface area contributed by atoms with E-state index in [9.17, 15) is 9.59 Å². The number of nitrogens with one attached hydrogen (secondary N) is 1. The normalized spacial score (nSPS) is 11.4. The van der Waals surface area contributed by atoms with E-state index >= 15 is 0 Å². The second-order valence-electron chi connectivity index (χ2n) is 6.16. The van der Waals surface area contributed by atoms with Crippen molar-refractivity contribution in [2.24, 2.45) is 0 Å². The van der Waals surface area contributed by atoms with E-state index in [1.165, 1.54) is 0 Å². The molecule has 25 heavy (non-hydrogen) atoms. The van der Waals surface area contributed by atoms with Gasteiger partial charge in [-0.05, 0) is 12.8 Å². The van der Waals surface area contributed by atoms with Crippen LogP contribution in [0.5, 0.6) is 0 Å². The molecule has 8 nitrogen and oxygen atoms in total. The number of rotatable bonds is 10. The molecule has 2 N–H and O–H groups in total. The molecule has 0 unspecified atom stereocenters. The fourth-order valence-corrected chi connectivity index (χ4v) is 2.92. The summed E-state index contributed by atoms with van der Waals surface area (Å²) < 4.78 is 1.81. The van der Waals surface area contributed by atoms with Crippen LogP contribution in [0, 0.1) is 0 Å². The van der Waals surface area contributed by atoms with Crippen LogP contribution in [0.15, 0.2) is 18.9 Å². The van der Waals surface area contributed by atoms with E-state index in [1.807, 2.05) is 4.40 Å². The van der Waals surface area contributed by atoms with E-state index in [0.29, 0.717) is 36.1 Å². The Labute approximate surface area is 144 Å². The maximum Gasteiger partial charge on any atom is 0.303 e. The first kappa shape index (κ1) is 17.1. The van der Waals surface area contributed by atoms with E-state index in [4.69, 9.17) is 5.11 Å². The summed E-state index contributed by atoms with van der Waals surface area (Å²) in [6, 6.07) is 0. The van der Waals surface area contributed by atoms with Crippen LogP contribution >= 0.6 is 0 Å². The summed E-state index contributed by atoms with van der Waals surface area (Å²) in [6.07, 6.45) is 10.4. The van der Waals surface area contributed by atoms with E-state index in [-0.39, 0.29) is 12.2 Å². The van der Waals surface area contributed by atoms with Gasteiger partial charge in [-0.1, -0.05) is 19.3 Å². The van der Waals surface area contributed by atoms with E-state index in [1.54, 1.807) is 18.9 Å². The van der Waals surface area contributed by atoms with Crippen LogP contribution in [0.3, 0.4) is 0 Å². The highest BCUT2D eigenvalue weighted by Gasteiger charge is 2.12. The van der Waals surface area contributed by atoms with Crippen LogP contribution in [-0.2, 0) is 16.0 Å². The van der Waals surface area contributed by atoms with Gasteiger partial charge in [0.05, 0.1) is 12.0 Å². The Bertz CT molecular complexity index is 883. The molecule has 132 valence electrons. The molecule has 0 aliphatic heterocycles. The van der Waals surface area contributed by atoms with E-state index < -0.39 is 5.97 Å².